The van der Waals surface area contributed by atoms with Gasteiger partial charge in [0.2, 0.25) is 0 Å². The molecule has 0 spiro atoms. The van der Waals surface area contributed by atoms with Crippen LogP contribution < -0.4 is 0 Å². The lowest BCUT2D eigenvalue weighted by molar-refractivity contribution is -0.155. The summed E-state index contributed by atoms with van der Waals surface area (Å²) < 4.78 is 66.9. The second-order valence-corrected chi connectivity index (χ2v) is 4.79. The molecule has 0 aromatic rings. The van der Waals surface area contributed by atoms with Gasteiger partial charge in [-0.1, -0.05) is 0 Å². The van der Waals surface area contributed by atoms with E-state index in [-0.39, 0.29) is 12.7 Å². The van der Waals surface area contributed by atoms with Crippen molar-refractivity contribution >= 4 is 16.1 Å². The highest BCUT2D eigenvalue weighted by atomic mass is 32.2. The van der Waals surface area contributed by atoms with Crippen LogP contribution in [0, 0.1) is 0 Å². The molecule has 0 aromatic carbocycles. The molecular weight excluding hydrogens is 266 g/mol. The fraction of sp³-hybridized carbons (Fsp3) is 0.857. The van der Waals surface area contributed by atoms with Gasteiger partial charge in [0.05, 0.1) is 13.2 Å². The van der Waals surface area contributed by atoms with Gasteiger partial charge >= 0.3 is 21.3 Å². The maximum atomic E-state index is 12.6. The molecule has 1 rings (SSSR count). The van der Waals surface area contributed by atoms with Gasteiger partial charge in [-0.2, -0.15) is 17.2 Å². The predicted molar refractivity (Wildman–Crippen MR) is 48.0 cm³/mol. The number of hydrogen-bond acceptors (Lipinski definition) is 6. The molecule has 1 unspecified atom stereocenters. The zero-order chi connectivity index (χ0) is 13.1. The number of esters is 1. The van der Waals surface area contributed by atoms with Crippen LogP contribution in [0.15, 0.2) is 0 Å². The summed E-state index contributed by atoms with van der Waals surface area (Å²) in [5.74, 6) is -1.16. The average Bonchev–Trinajstić information content (AvgIpc) is 2.97. The van der Waals surface area contributed by atoms with Gasteiger partial charge in [-0.15, -0.1) is 0 Å². The van der Waals surface area contributed by atoms with Gasteiger partial charge in [-0.05, 0) is 0 Å². The third-order valence-corrected chi connectivity index (χ3v) is 2.58. The molecule has 0 aliphatic carbocycles. The van der Waals surface area contributed by atoms with Crippen LogP contribution >= 0.6 is 0 Å². The molecule has 1 aliphatic heterocycles. The fourth-order valence-corrected chi connectivity index (χ4v) is 0.926. The Kier molecular flexibility index (Phi) is 4.36. The van der Waals surface area contributed by atoms with Crippen molar-refractivity contribution in [1.82, 2.24) is 0 Å². The molecule has 1 atom stereocenters. The van der Waals surface area contributed by atoms with Crippen molar-refractivity contribution in [2.24, 2.45) is 0 Å². The number of hydrogen-bond donors (Lipinski definition) is 1. The van der Waals surface area contributed by atoms with Gasteiger partial charge < -0.3 is 14.2 Å². The van der Waals surface area contributed by atoms with E-state index in [1.54, 1.807) is 0 Å². The number of rotatable bonds is 7. The summed E-state index contributed by atoms with van der Waals surface area (Å²) in [7, 11) is -5.59. The molecule has 0 bridgehead atoms. The lowest BCUT2D eigenvalue weighted by Gasteiger charge is -2.12. The second kappa shape index (κ2) is 5.21. The predicted octanol–water partition coefficient (Wildman–Crippen LogP) is -0.574. The summed E-state index contributed by atoms with van der Waals surface area (Å²) in [5, 5.41) is -4.53. The monoisotopic (exact) mass is 276 g/mol. The van der Waals surface area contributed by atoms with Gasteiger partial charge in [0.25, 0.3) is 0 Å². The third-order valence-electron chi connectivity index (χ3n) is 1.70. The Bertz CT molecular complexity index is 376. The van der Waals surface area contributed by atoms with Gasteiger partial charge in [-0.25, -0.2) is 4.79 Å². The van der Waals surface area contributed by atoms with Crippen molar-refractivity contribution in [1.29, 1.82) is 0 Å². The van der Waals surface area contributed by atoms with Gasteiger partial charge in [0, 0.05) is 0 Å². The van der Waals surface area contributed by atoms with E-state index < -0.39 is 34.6 Å². The van der Waals surface area contributed by atoms with Crippen LogP contribution in [0.5, 0.6) is 0 Å². The van der Waals surface area contributed by atoms with E-state index in [0.717, 1.165) is 0 Å². The van der Waals surface area contributed by atoms with Crippen LogP contribution in [0.2, 0.25) is 0 Å². The Morgan fingerprint density at radius 2 is 2.12 bits per heavy atom. The Morgan fingerprint density at radius 3 is 2.59 bits per heavy atom. The molecule has 17 heavy (non-hydrogen) atoms. The van der Waals surface area contributed by atoms with E-state index in [2.05, 4.69) is 4.74 Å². The largest absolute Gasteiger partial charge is 0.456 e. The van der Waals surface area contributed by atoms with Crippen LogP contribution in [-0.4, -0.2) is 56.7 Å². The minimum Gasteiger partial charge on any atom is -0.456 e. The molecule has 1 aliphatic rings. The SMILES string of the molecule is O=C(COCC1CO1)OCC(F)(F)S(=O)(=O)O. The highest BCUT2D eigenvalue weighted by Crippen LogP contribution is 2.20. The summed E-state index contributed by atoms with van der Waals surface area (Å²) in [5.41, 5.74) is 0. The molecule has 1 saturated heterocycles. The smallest absolute Gasteiger partial charge is 0.402 e. The lowest BCUT2D eigenvalue weighted by Crippen LogP contribution is -2.35. The number of ether oxygens (including phenoxy) is 3. The molecule has 10 heteroatoms. The molecule has 0 saturated carbocycles. The number of epoxide rings is 1. The van der Waals surface area contributed by atoms with Gasteiger partial charge in [0.1, 0.15) is 12.7 Å². The van der Waals surface area contributed by atoms with Crippen LogP contribution in [-0.2, 0) is 29.1 Å². The summed E-state index contributed by atoms with van der Waals surface area (Å²) in [4.78, 5) is 10.8. The zero-order valence-corrected chi connectivity index (χ0v) is 9.28. The molecule has 100 valence electrons. The molecule has 7 nitrogen and oxygen atoms in total. The first-order valence-electron chi connectivity index (χ1n) is 4.42. The maximum absolute atomic E-state index is 12.6. The van der Waals surface area contributed by atoms with E-state index in [1.807, 2.05) is 0 Å². The molecule has 0 amide bonds. The van der Waals surface area contributed by atoms with Crippen LogP contribution in [0.1, 0.15) is 0 Å². The third kappa shape index (κ3) is 4.89. The van der Waals surface area contributed by atoms with E-state index in [0.29, 0.717) is 6.61 Å². The van der Waals surface area contributed by atoms with Crippen molar-refractivity contribution in [3.8, 4) is 0 Å². The van der Waals surface area contributed by atoms with E-state index in [9.17, 15) is 22.0 Å². The average molecular weight is 276 g/mol. The van der Waals surface area contributed by atoms with Crippen molar-refractivity contribution in [3.05, 3.63) is 0 Å². The minimum absolute atomic E-state index is 0.0953. The topological polar surface area (TPSA) is 102 Å². The Labute approximate surface area is 95.4 Å². The normalized spacial score (nSPS) is 20.1. The molecule has 1 fully saturated rings. The van der Waals surface area contributed by atoms with Crippen molar-refractivity contribution < 1.29 is 40.8 Å². The molecular formula is C7H10F2O7S. The first-order chi connectivity index (χ1) is 7.72. The fourth-order valence-electron chi connectivity index (χ4n) is 0.719. The van der Waals surface area contributed by atoms with Crippen molar-refractivity contribution in [3.63, 3.8) is 0 Å². The second-order valence-electron chi connectivity index (χ2n) is 3.24. The minimum atomic E-state index is -5.59. The number of halogens is 2. The molecule has 0 radical (unpaired) electrons. The van der Waals surface area contributed by atoms with Crippen molar-refractivity contribution in [2.45, 2.75) is 11.4 Å². The standard InChI is InChI=1S/C7H10F2O7S/c8-7(9,17(11,12)13)4-16-6(10)3-14-1-5-2-15-5/h5H,1-4H2,(H,11,12,13). The van der Waals surface area contributed by atoms with Crippen LogP contribution in [0.3, 0.4) is 0 Å². The van der Waals surface area contributed by atoms with Crippen LogP contribution in [0.4, 0.5) is 8.78 Å². The van der Waals surface area contributed by atoms with Gasteiger partial charge in [0.15, 0.2) is 6.61 Å². The first kappa shape index (κ1) is 14.2. The summed E-state index contributed by atoms with van der Waals surface area (Å²) in [6, 6.07) is 0. The van der Waals surface area contributed by atoms with E-state index in [4.69, 9.17) is 14.0 Å². The zero-order valence-electron chi connectivity index (χ0n) is 8.47. The number of carbonyl (C=O) groups is 1. The lowest BCUT2D eigenvalue weighted by atomic mass is 10.5. The highest BCUT2D eigenvalue weighted by molar-refractivity contribution is 7.86. The van der Waals surface area contributed by atoms with E-state index >= 15 is 0 Å². The van der Waals surface area contributed by atoms with E-state index in [1.165, 1.54) is 0 Å². The molecule has 1 heterocycles. The first-order valence-corrected chi connectivity index (χ1v) is 5.86. The summed E-state index contributed by atoms with van der Waals surface area (Å²) >= 11 is 0. The van der Waals surface area contributed by atoms with Crippen LogP contribution in [0.25, 0.3) is 0 Å². The summed E-state index contributed by atoms with van der Waals surface area (Å²) in [6.07, 6.45) is -0.0953. The van der Waals surface area contributed by atoms with Crippen molar-refractivity contribution in [2.75, 3.05) is 26.4 Å². The van der Waals surface area contributed by atoms with Gasteiger partial charge in [-0.3, -0.25) is 4.55 Å². The Hall–Kier alpha value is -0.840. The Balaban J connectivity index is 2.22. The number of alkyl halides is 2. The Morgan fingerprint density at radius 1 is 1.53 bits per heavy atom. The maximum Gasteiger partial charge on any atom is 0.402 e. The quantitative estimate of drug-likeness (QED) is 0.377. The highest BCUT2D eigenvalue weighted by Gasteiger charge is 2.45. The number of carbonyl (C=O) groups excluding carboxylic acids is 1. The summed E-state index contributed by atoms with van der Waals surface area (Å²) in [6.45, 7) is -1.71. The molecule has 0 aromatic heterocycles. The molecule has 1 N–H and O–H groups in total.